The van der Waals surface area contributed by atoms with Crippen LogP contribution in [-0.4, -0.2) is 18.1 Å². The summed E-state index contributed by atoms with van der Waals surface area (Å²) in [5.74, 6) is 0.533. The Morgan fingerprint density at radius 1 is 1.20 bits per heavy atom. The number of benzene rings is 1. The molecule has 1 fully saturated rings. The molecule has 1 aliphatic heterocycles. The maximum absolute atomic E-state index is 12.9. The smallest absolute Gasteiger partial charge is 0.213 e. The van der Waals surface area contributed by atoms with Gasteiger partial charge in [-0.15, -0.1) is 0 Å². The first-order chi connectivity index (χ1) is 9.83. The second-order valence-electron chi connectivity index (χ2n) is 5.02. The van der Waals surface area contributed by atoms with Crippen LogP contribution in [0.15, 0.2) is 48.7 Å². The molecule has 0 amide bonds. The van der Waals surface area contributed by atoms with E-state index in [1.807, 2.05) is 18.2 Å². The minimum absolute atomic E-state index is 0.0292. The summed E-state index contributed by atoms with van der Waals surface area (Å²) in [4.78, 5) is 3.65. The lowest BCUT2D eigenvalue weighted by molar-refractivity contribution is 0.143. The number of ether oxygens (including phenoxy) is 1. The van der Waals surface area contributed by atoms with Crippen LogP contribution in [0, 0.1) is 11.9 Å². The first kappa shape index (κ1) is 13.1. The van der Waals surface area contributed by atoms with Crippen molar-refractivity contribution in [3.05, 3.63) is 60.2 Å². The fraction of sp³-hybridized carbons (Fsp3) is 0.312. The lowest BCUT2D eigenvalue weighted by Gasteiger charge is -2.24. The van der Waals surface area contributed by atoms with Crippen LogP contribution in [0.4, 0.5) is 4.39 Å². The van der Waals surface area contributed by atoms with Gasteiger partial charge in [0, 0.05) is 12.5 Å². The Kier molecular flexibility index (Phi) is 3.92. The van der Waals surface area contributed by atoms with Gasteiger partial charge >= 0.3 is 0 Å². The van der Waals surface area contributed by atoms with Gasteiger partial charge in [0.15, 0.2) is 0 Å². The summed E-state index contributed by atoms with van der Waals surface area (Å²) < 4.78 is 18.9. The number of rotatable bonds is 4. The van der Waals surface area contributed by atoms with Crippen molar-refractivity contribution in [3.8, 4) is 5.75 Å². The first-order valence-electron chi connectivity index (χ1n) is 6.87. The zero-order chi connectivity index (χ0) is 13.8. The van der Waals surface area contributed by atoms with Gasteiger partial charge in [-0.3, -0.25) is 0 Å². The van der Waals surface area contributed by atoms with Crippen LogP contribution in [0.2, 0.25) is 0 Å². The maximum atomic E-state index is 12.9. The normalized spacial score (nSPS) is 19.8. The van der Waals surface area contributed by atoms with E-state index in [0.29, 0.717) is 11.7 Å². The Morgan fingerprint density at radius 2 is 2.05 bits per heavy atom. The Bertz CT molecular complexity index is 538. The van der Waals surface area contributed by atoms with Crippen LogP contribution in [-0.2, 0) is 0 Å². The van der Waals surface area contributed by atoms with Crippen molar-refractivity contribution >= 4 is 0 Å². The summed E-state index contributed by atoms with van der Waals surface area (Å²) in [6.45, 7) is 1.95. The van der Waals surface area contributed by atoms with E-state index in [1.54, 1.807) is 6.07 Å². The quantitative estimate of drug-likeness (QED) is 0.869. The molecule has 0 aliphatic carbocycles. The molecule has 1 saturated heterocycles. The van der Waals surface area contributed by atoms with Crippen molar-refractivity contribution in [2.24, 2.45) is 5.92 Å². The van der Waals surface area contributed by atoms with E-state index < -0.39 is 5.95 Å². The molecular formula is C16H17FN2O. The molecule has 0 unspecified atom stereocenters. The van der Waals surface area contributed by atoms with Crippen LogP contribution in [0.3, 0.4) is 0 Å². The molecule has 2 atom stereocenters. The molecule has 3 rings (SSSR count). The minimum atomic E-state index is -0.490. The van der Waals surface area contributed by atoms with Gasteiger partial charge in [0.1, 0.15) is 11.9 Å². The molecule has 1 aromatic carbocycles. The van der Waals surface area contributed by atoms with Crippen LogP contribution < -0.4 is 10.1 Å². The Morgan fingerprint density at radius 3 is 2.70 bits per heavy atom. The van der Waals surface area contributed by atoms with Crippen LogP contribution in [0.5, 0.6) is 5.75 Å². The molecule has 20 heavy (non-hydrogen) atoms. The number of hydrogen-bond donors (Lipinski definition) is 1. The fourth-order valence-electron chi connectivity index (χ4n) is 2.59. The number of hydrogen-bond acceptors (Lipinski definition) is 3. The second kappa shape index (κ2) is 6.01. The molecule has 0 spiro atoms. The van der Waals surface area contributed by atoms with Crippen molar-refractivity contribution in [1.82, 2.24) is 10.3 Å². The van der Waals surface area contributed by atoms with Crippen LogP contribution in [0.25, 0.3) is 0 Å². The van der Waals surface area contributed by atoms with Gasteiger partial charge in [0.2, 0.25) is 5.95 Å². The van der Waals surface area contributed by atoms with Gasteiger partial charge in [-0.25, -0.2) is 4.98 Å². The predicted octanol–water partition coefficient (Wildman–Crippen LogP) is 2.95. The topological polar surface area (TPSA) is 34.1 Å². The van der Waals surface area contributed by atoms with E-state index in [9.17, 15) is 4.39 Å². The number of nitrogens with zero attached hydrogens (tertiary/aromatic N) is 1. The number of halogens is 1. The van der Waals surface area contributed by atoms with Gasteiger partial charge < -0.3 is 10.1 Å². The average molecular weight is 272 g/mol. The standard InChI is InChI=1S/C16H17FN2O/c17-15-7-6-14(11-19-15)20-16(13-8-9-18-10-13)12-4-2-1-3-5-12/h1-7,11,13,16,18H,8-10H2/t13-,16-/m1/s1. The lowest BCUT2D eigenvalue weighted by Crippen LogP contribution is -2.21. The molecule has 104 valence electrons. The van der Waals surface area contributed by atoms with Crippen molar-refractivity contribution in [2.45, 2.75) is 12.5 Å². The van der Waals surface area contributed by atoms with Crippen LogP contribution >= 0.6 is 0 Å². The first-order valence-corrected chi connectivity index (χ1v) is 6.87. The predicted molar refractivity (Wildman–Crippen MR) is 75.0 cm³/mol. The highest BCUT2D eigenvalue weighted by Gasteiger charge is 2.28. The molecule has 1 N–H and O–H groups in total. The molecule has 2 heterocycles. The third-order valence-electron chi connectivity index (χ3n) is 3.62. The summed E-state index contributed by atoms with van der Waals surface area (Å²) in [7, 11) is 0. The van der Waals surface area contributed by atoms with E-state index >= 15 is 0 Å². The van der Waals surface area contributed by atoms with E-state index in [0.717, 1.165) is 25.1 Å². The lowest BCUT2D eigenvalue weighted by atomic mass is 9.95. The Balaban J connectivity index is 1.83. The number of aromatic nitrogens is 1. The highest BCUT2D eigenvalue weighted by Crippen LogP contribution is 2.31. The molecule has 4 heteroatoms. The van der Waals surface area contributed by atoms with Gasteiger partial charge in [-0.1, -0.05) is 30.3 Å². The maximum Gasteiger partial charge on any atom is 0.213 e. The third kappa shape index (κ3) is 2.96. The highest BCUT2D eigenvalue weighted by atomic mass is 19.1. The summed E-state index contributed by atoms with van der Waals surface area (Å²) in [6.07, 6.45) is 2.49. The minimum Gasteiger partial charge on any atom is -0.484 e. The molecule has 0 bridgehead atoms. The molecule has 1 aromatic heterocycles. The molecule has 0 radical (unpaired) electrons. The van der Waals surface area contributed by atoms with Gasteiger partial charge in [0.25, 0.3) is 0 Å². The summed E-state index contributed by atoms with van der Waals surface area (Å²) in [6, 6.07) is 13.1. The summed E-state index contributed by atoms with van der Waals surface area (Å²) in [5, 5.41) is 3.36. The number of nitrogens with one attached hydrogen (secondary N) is 1. The molecular weight excluding hydrogens is 255 g/mol. The highest BCUT2D eigenvalue weighted by molar-refractivity contribution is 5.23. The molecule has 2 aromatic rings. The fourth-order valence-corrected chi connectivity index (χ4v) is 2.59. The second-order valence-corrected chi connectivity index (χ2v) is 5.02. The monoisotopic (exact) mass is 272 g/mol. The number of pyridine rings is 1. The van der Waals surface area contributed by atoms with Gasteiger partial charge in [0.05, 0.1) is 6.20 Å². The van der Waals surface area contributed by atoms with Crippen molar-refractivity contribution < 1.29 is 9.13 Å². The van der Waals surface area contributed by atoms with E-state index in [2.05, 4.69) is 22.4 Å². The third-order valence-corrected chi connectivity index (χ3v) is 3.62. The summed E-state index contributed by atoms with van der Waals surface area (Å²) in [5.41, 5.74) is 1.14. The average Bonchev–Trinajstić information content (AvgIpc) is 3.01. The SMILES string of the molecule is Fc1ccc(O[C@H](c2ccccc2)[C@@H]2CCNC2)cn1. The van der Waals surface area contributed by atoms with Crippen molar-refractivity contribution in [2.75, 3.05) is 13.1 Å². The van der Waals surface area contributed by atoms with E-state index in [-0.39, 0.29) is 6.10 Å². The van der Waals surface area contributed by atoms with E-state index in [1.165, 1.54) is 12.3 Å². The van der Waals surface area contributed by atoms with E-state index in [4.69, 9.17) is 4.74 Å². The largest absolute Gasteiger partial charge is 0.484 e. The van der Waals surface area contributed by atoms with Crippen molar-refractivity contribution in [3.63, 3.8) is 0 Å². The zero-order valence-corrected chi connectivity index (χ0v) is 11.1. The molecule has 1 aliphatic rings. The van der Waals surface area contributed by atoms with Gasteiger partial charge in [-0.2, -0.15) is 4.39 Å². The van der Waals surface area contributed by atoms with Gasteiger partial charge in [-0.05, 0) is 30.7 Å². The Labute approximate surface area is 117 Å². The Hall–Kier alpha value is -1.94. The molecule has 3 nitrogen and oxygen atoms in total. The van der Waals surface area contributed by atoms with Crippen molar-refractivity contribution in [1.29, 1.82) is 0 Å². The summed E-state index contributed by atoms with van der Waals surface area (Å²) >= 11 is 0. The van der Waals surface area contributed by atoms with Crippen LogP contribution in [0.1, 0.15) is 18.1 Å². The molecule has 0 saturated carbocycles. The zero-order valence-electron chi connectivity index (χ0n) is 11.1.